The minimum atomic E-state index is -1.79. The van der Waals surface area contributed by atoms with Gasteiger partial charge in [-0.05, 0) is 49.3 Å². The summed E-state index contributed by atoms with van der Waals surface area (Å²) in [7, 11) is 0.0181. The second kappa shape index (κ2) is 6.64. The van der Waals surface area contributed by atoms with Crippen LogP contribution in [0.25, 0.3) is 17.0 Å². The molecule has 0 saturated carbocycles. The molecular formula is C22H31NO3Si. The van der Waals surface area contributed by atoms with Gasteiger partial charge in [0, 0.05) is 25.5 Å². The van der Waals surface area contributed by atoms with Gasteiger partial charge in [-0.2, -0.15) is 0 Å². The number of ether oxygens (including phenoxy) is 1. The van der Waals surface area contributed by atoms with Crippen molar-refractivity contribution in [2.24, 2.45) is 7.05 Å². The van der Waals surface area contributed by atoms with E-state index in [1.807, 2.05) is 36.4 Å². The van der Waals surface area contributed by atoms with Gasteiger partial charge in [0.2, 0.25) is 0 Å². The lowest BCUT2D eigenvalue weighted by molar-refractivity contribution is 0.104. The van der Waals surface area contributed by atoms with Crippen molar-refractivity contribution in [2.75, 3.05) is 6.61 Å². The number of hydrogen-bond donors (Lipinski definition) is 0. The van der Waals surface area contributed by atoms with Gasteiger partial charge in [0.05, 0.1) is 11.1 Å². The fourth-order valence-electron chi connectivity index (χ4n) is 3.13. The number of fused-ring (bicyclic) bond motifs is 3. The monoisotopic (exact) mass is 385 g/mol. The zero-order valence-electron chi connectivity index (χ0n) is 17.6. The minimum Gasteiger partial charge on any atom is -0.482 e. The van der Waals surface area contributed by atoms with E-state index < -0.39 is 13.9 Å². The van der Waals surface area contributed by atoms with E-state index >= 15 is 0 Å². The van der Waals surface area contributed by atoms with Crippen molar-refractivity contribution in [1.82, 2.24) is 4.57 Å². The number of benzene rings is 1. The topological polar surface area (TPSA) is 40.5 Å². The number of rotatable bonds is 4. The van der Waals surface area contributed by atoms with Crippen molar-refractivity contribution < 1.29 is 9.16 Å². The maximum Gasteiger partial charge on any atom is 0.261 e. The molecule has 0 amide bonds. The standard InChI is InChI=1S/C22H31NO3Si/c1-21(2,3)27(6,7)25-15-14-22(4)13-12-17-19(26-22)16-10-8-9-11-18(16)23(5)20(17)24/h8-13H,14-15H2,1-7H3. The summed E-state index contributed by atoms with van der Waals surface area (Å²) in [6.07, 6.45) is 4.67. The highest BCUT2D eigenvalue weighted by Crippen LogP contribution is 2.39. The summed E-state index contributed by atoms with van der Waals surface area (Å²) >= 11 is 0. The first kappa shape index (κ1) is 19.9. The quantitative estimate of drug-likeness (QED) is 0.686. The third-order valence-corrected chi connectivity index (χ3v) is 10.6. The second-order valence-corrected chi connectivity index (χ2v) is 14.0. The van der Waals surface area contributed by atoms with Gasteiger partial charge in [-0.3, -0.25) is 4.79 Å². The SMILES string of the molecule is Cn1c(=O)c2c(c3ccccc31)OC(C)(CCO[Si](C)(C)C(C)(C)C)C=C2. The summed E-state index contributed by atoms with van der Waals surface area (Å²) in [4.78, 5) is 12.7. The maximum absolute atomic E-state index is 12.7. The summed E-state index contributed by atoms with van der Waals surface area (Å²) < 4.78 is 14.4. The van der Waals surface area contributed by atoms with Crippen LogP contribution in [0.4, 0.5) is 0 Å². The van der Waals surface area contributed by atoms with Gasteiger partial charge in [0.25, 0.3) is 5.56 Å². The highest BCUT2D eigenvalue weighted by molar-refractivity contribution is 6.74. The van der Waals surface area contributed by atoms with Crippen LogP contribution >= 0.6 is 0 Å². The molecule has 1 aromatic carbocycles. The van der Waals surface area contributed by atoms with E-state index in [4.69, 9.17) is 9.16 Å². The molecule has 3 rings (SSSR count). The molecule has 27 heavy (non-hydrogen) atoms. The first-order valence-electron chi connectivity index (χ1n) is 9.59. The number of pyridine rings is 1. The van der Waals surface area contributed by atoms with Crippen LogP contribution in [0.3, 0.4) is 0 Å². The number of nitrogens with zero attached hydrogens (tertiary/aromatic N) is 1. The van der Waals surface area contributed by atoms with Crippen molar-refractivity contribution in [1.29, 1.82) is 0 Å². The highest BCUT2D eigenvalue weighted by Gasteiger charge is 2.38. The number of hydrogen-bond acceptors (Lipinski definition) is 3. The van der Waals surface area contributed by atoms with Gasteiger partial charge in [-0.15, -0.1) is 0 Å². The Hall–Kier alpha value is -1.85. The van der Waals surface area contributed by atoms with Gasteiger partial charge in [-0.25, -0.2) is 0 Å². The molecule has 1 unspecified atom stereocenters. The van der Waals surface area contributed by atoms with Crippen LogP contribution in [0.5, 0.6) is 5.75 Å². The molecule has 0 aliphatic carbocycles. The van der Waals surface area contributed by atoms with Gasteiger partial charge in [0.15, 0.2) is 8.32 Å². The van der Waals surface area contributed by atoms with Crippen LogP contribution in [0.2, 0.25) is 18.1 Å². The van der Waals surface area contributed by atoms with E-state index in [0.29, 0.717) is 17.9 Å². The number of aromatic nitrogens is 1. The summed E-state index contributed by atoms with van der Waals surface area (Å²) in [6.45, 7) is 14.0. The van der Waals surface area contributed by atoms with Crippen LogP contribution in [0.15, 0.2) is 35.1 Å². The van der Waals surface area contributed by atoms with E-state index in [2.05, 4.69) is 40.8 Å². The molecule has 0 N–H and O–H groups in total. The molecule has 146 valence electrons. The molecule has 0 bridgehead atoms. The molecular weight excluding hydrogens is 354 g/mol. The lowest BCUT2D eigenvalue weighted by Crippen LogP contribution is -2.43. The van der Waals surface area contributed by atoms with Gasteiger partial charge in [0.1, 0.15) is 11.4 Å². The summed E-state index contributed by atoms with van der Waals surface area (Å²) in [5.74, 6) is 0.686. The van der Waals surface area contributed by atoms with Crippen LogP contribution in [0, 0.1) is 0 Å². The maximum atomic E-state index is 12.7. The molecule has 0 fully saturated rings. The number of para-hydroxylation sites is 1. The van der Waals surface area contributed by atoms with E-state index in [1.165, 1.54) is 0 Å². The fraction of sp³-hybridized carbons (Fsp3) is 0.500. The summed E-state index contributed by atoms with van der Waals surface area (Å²) in [5, 5.41) is 1.15. The molecule has 2 aromatic rings. The predicted octanol–water partition coefficient (Wildman–Crippen LogP) is 5.11. The Morgan fingerprint density at radius 3 is 2.56 bits per heavy atom. The van der Waals surface area contributed by atoms with Gasteiger partial charge >= 0.3 is 0 Å². The van der Waals surface area contributed by atoms with Crippen molar-refractivity contribution in [3.8, 4) is 5.75 Å². The minimum absolute atomic E-state index is 0.0282. The van der Waals surface area contributed by atoms with E-state index in [-0.39, 0.29) is 10.6 Å². The molecule has 4 nitrogen and oxygen atoms in total. The Bertz CT molecular complexity index is 952. The zero-order chi connectivity index (χ0) is 20.0. The van der Waals surface area contributed by atoms with E-state index in [0.717, 1.165) is 17.3 Å². The Balaban J connectivity index is 1.87. The molecule has 5 heteroatoms. The van der Waals surface area contributed by atoms with Gasteiger partial charge < -0.3 is 13.7 Å². The lowest BCUT2D eigenvalue weighted by Gasteiger charge is -2.38. The molecule has 1 aromatic heterocycles. The Morgan fingerprint density at radius 1 is 1.22 bits per heavy atom. The van der Waals surface area contributed by atoms with Crippen molar-refractivity contribution in [3.63, 3.8) is 0 Å². The average molecular weight is 386 g/mol. The van der Waals surface area contributed by atoms with E-state index in [9.17, 15) is 4.79 Å². The molecule has 0 saturated heterocycles. The molecule has 1 aliphatic rings. The summed E-state index contributed by atoms with van der Waals surface area (Å²) in [6, 6.07) is 7.89. The third kappa shape index (κ3) is 3.63. The van der Waals surface area contributed by atoms with Crippen molar-refractivity contribution in [3.05, 3.63) is 46.3 Å². The normalized spacial score (nSPS) is 19.8. The smallest absolute Gasteiger partial charge is 0.261 e. The molecule has 0 radical (unpaired) electrons. The fourth-order valence-corrected chi connectivity index (χ4v) is 4.18. The Kier molecular flexibility index (Phi) is 4.89. The molecule has 1 aliphatic heterocycles. The third-order valence-electron chi connectivity index (χ3n) is 6.10. The Morgan fingerprint density at radius 2 is 1.89 bits per heavy atom. The predicted molar refractivity (Wildman–Crippen MR) is 115 cm³/mol. The van der Waals surface area contributed by atoms with Gasteiger partial charge in [-0.1, -0.05) is 32.9 Å². The van der Waals surface area contributed by atoms with Crippen LogP contribution in [0.1, 0.15) is 39.7 Å². The molecule has 1 atom stereocenters. The van der Waals surface area contributed by atoms with Crippen LogP contribution in [-0.4, -0.2) is 25.1 Å². The molecule has 2 heterocycles. The van der Waals surface area contributed by atoms with Crippen molar-refractivity contribution in [2.45, 2.75) is 57.8 Å². The molecule has 0 spiro atoms. The number of aryl methyl sites for hydroxylation is 1. The Labute approximate surface area is 162 Å². The van der Waals surface area contributed by atoms with Crippen molar-refractivity contribution >= 4 is 25.3 Å². The first-order valence-corrected chi connectivity index (χ1v) is 12.5. The van der Waals surface area contributed by atoms with Crippen LogP contribution < -0.4 is 10.3 Å². The average Bonchev–Trinajstić information content (AvgIpc) is 2.58. The van der Waals surface area contributed by atoms with E-state index in [1.54, 1.807) is 11.6 Å². The lowest BCUT2D eigenvalue weighted by atomic mass is 9.96. The largest absolute Gasteiger partial charge is 0.482 e. The first-order chi connectivity index (χ1) is 12.5. The second-order valence-electron chi connectivity index (χ2n) is 9.23. The summed E-state index contributed by atoms with van der Waals surface area (Å²) in [5.41, 5.74) is 1.000. The van der Waals surface area contributed by atoms with Crippen LogP contribution in [-0.2, 0) is 11.5 Å². The highest BCUT2D eigenvalue weighted by atomic mass is 28.4. The zero-order valence-corrected chi connectivity index (χ0v) is 18.6.